The lowest BCUT2D eigenvalue weighted by Gasteiger charge is -2.06. The van der Waals surface area contributed by atoms with E-state index in [9.17, 15) is 13.2 Å². The number of hydrogen-bond donors (Lipinski definition) is 1. The summed E-state index contributed by atoms with van der Waals surface area (Å²) in [5, 5.41) is 0.277. The maximum absolute atomic E-state index is 11.9. The third-order valence-corrected chi connectivity index (χ3v) is 4.28. The lowest BCUT2D eigenvalue weighted by atomic mass is 10.2. The Balaban J connectivity index is 1.87. The van der Waals surface area contributed by atoms with E-state index in [4.69, 9.17) is 16.0 Å². The lowest BCUT2D eigenvalue weighted by Crippen LogP contribution is -2.31. The number of carbonyl (C=O) groups excluding carboxylic acids is 1. The Morgan fingerprint density at radius 1 is 1.32 bits per heavy atom. The summed E-state index contributed by atoms with van der Waals surface area (Å²) in [5.41, 5.74) is 0.450. The first-order valence-electron chi connectivity index (χ1n) is 6.53. The maximum Gasteiger partial charge on any atom is 0.239 e. The maximum atomic E-state index is 11.9. The van der Waals surface area contributed by atoms with Gasteiger partial charge >= 0.3 is 0 Å². The molecule has 6 nitrogen and oxygen atoms in total. The highest BCUT2D eigenvalue weighted by molar-refractivity contribution is 7.89. The number of nitrogens with zero attached hydrogens (tertiary/aromatic N) is 1. The molecule has 118 valence electrons. The van der Waals surface area contributed by atoms with Crippen LogP contribution in [0.4, 0.5) is 0 Å². The molecule has 2 aromatic heterocycles. The SMILES string of the molecule is Cc1ccc(CCC(=O)NS(=O)(=O)Cc2ccc(Cl)nc2)o1. The van der Waals surface area contributed by atoms with Crippen molar-refractivity contribution >= 4 is 27.5 Å². The second kappa shape index (κ2) is 6.93. The van der Waals surface area contributed by atoms with Crippen LogP contribution in [0.3, 0.4) is 0 Å². The van der Waals surface area contributed by atoms with Crippen molar-refractivity contribution in [1.82, 2.24) is 9.71 Å². The van der Waals surface area contributed by atoms with Crippen LogP contribution in [0, 0.1) is 6.92 Å². The van der Waals surface area contributed by atoms with Crippen LogP contribution in [0.5, 0.6) is 0 Å². The molecule has 0 fully saturated rings. The number of pyridine rings is 1. The molecule has 0 spiro atoms. The molecule has 0 aromatic carbocycles. The van der Waals surface area contributed by atoms with Crippen molar-refractivity contribution in [1.29, 1.82) is 0 Å². The number of furan rings is 1. The van der Waals surface area contributed by atoms with E-state index in [1.165, 1.54) is 12.3 Å². The van der Waals surface area contributed by atoms with Gasteiger partial charge in [-0.15, -0.1) is 0 Å². The second-order valence-electron chi connectivity index (χ2n) is 4.79. The summed E-state index contributed by atoms with van der Waals surface area (Å²) in [6.07, 6.45) is 1.74. The normalized spacial score (nSPS) is 11.4. The van der Waals surface area contributed by atoms with E-state index in [0.29, 0.717) is 17.7 Å². The predicted octanol–water partition coefficient (Wildman–Crippen LogP) is 2.22. The van der Waals surface area contributed by atoms with Crippen molar-refractivity contribution in [3.05, 3.63) is 52.7 Å². The predicted molar refractivity (Wildman–Crippen MR) is 81.8 cm³/mol. The summed E-state index contributed by atoms with van der Waals surface area (Å²) in [7, 11) is -3.76. The van der Waals surface area contributed by atoms with Gasteiger partial charge in [0.15, 0.2) is 0 Å². The van der Waals surface area contributed by atoms with E-state index < -0.39 is 15.9 Å². The van der Waals surface area contributed by atoms with E-state index in [-0.39, 0.29) is 17.3 Å². The third-order valence-electron chi connectivity index (χ3n) is 2.81. The molecule has 22 heavy (non-hydrogen) atoms. The van der Waals surface area contributed by atoms with Gasteiger partial charge in [0.05, 0.1) is 5.75 Å². The molecule has 0 atom stereocenters. The molecule has 0 unspecified atom stereocenters. The molecule has 8 heteroatoms. The molecule has 0 aliphatic carbocycles. The molecule has 1 N–H and O–H groups in total. The molecule has 0 bridgehead atoms. The van der Waals surface area contributed by atoms with Gasteiger partial charge < -0.3 is 4.42 Å². The zero-order valence-corrected chi connectivity index (χ0v) is 13.4. The highest BCUT2D eigenvalue weighted by atomic mass is 35.5. The van der Waals surface area contributed by atoms with Crippen LogP contribution in [0.25, 0.3) is 0 Å². The smallest absolute Gasteiger partial charge is 0.239 e. The summed E-state index contributed by atoms with van der Waals surface area (Å²) in [4.78, 5) is 15.5. The van der Waals surface area contributed by atoms with Crippen LogP contribution in [0.2, 0.25) is 5.15 Å². The third kappa shape index (κ3) is 5.16. The molecule has 0 aliphatic rings. The first kappa shape index (κ1) is 16.5. The van der Waals surface area contributed by atoms with Crippen LogP contribution in [-0.2, 0) is 27.0 Å². The van der Waals surface area contributed by atoms with Crippen LogP contribution < -0.4 is 4.72 Å². The van der Waals surface area contributed by atoms with Gasteiger partial charge in [0.1, 0.15) is 16.7 Å². The minimum Gasteiger partial charge on any atom is -0.466 e. The van der Waals surface area contributed by atoms with Gasteiger partial charge in [-0.3, -0.25) is 9.52 Å². The number of halogens is 1. The molecular weight excluding hydrogens is 328 g/mol. The largest absolute Gasteiger partial charge is 0.466 e. The Hall–Kier alpha value is -1.86. The van der Waals surface area contributed by atoms with Crippen molar-refractivity contribution in [2.75, 3.05) is 0 Å². The van der Waals surface area contributed by atoms with Crippen LogP contribution in [-0.4, -0.2) is 19.3 Å². The van der Waals surface area contributed by atoms with Crippen molar-refractivity contribution in [2.24, 2.45) is 0 Å². The number of amides is 1. The van der Waals surface area contributed by atoms with E-state index in [1.54, 1.807) is 25.1 Å². The standard InChI is InChI=1S/C14H15ClN2O4S/c1-10-2-4-12(21-10)5-7-14(18)17-22(19,20)9-11-3-6-13(15)16-8-11/h2-4,6,8H,5,7,9H2,1H3,(H,17,18). The van der Waals surface area contributed by atoms with Crippen LogP contribution >= 0.6 is 11.6 Å². The monoisotopic (exact) mass is 342 g/mol. The fourth-order valence-corrected chi connectivity index (χ4v) is 3.07. The number of carbonyl (C=O) groups is 1. The number of aryl methyl sites for hydroxylation is 2. The van der Waals surface area contributed by atoms with Gasteiger partial charge in [0.2, 0.25) is 15.9 Å². The Morgan fingerprint density at radius 2 is 2.09 bits per heavy atom. The number of nitrogens with one attached hydrogen (secondary N) is 1. The van der Waals surface area contributed by atoms with Gasteiger partial charge in [0, 0.05) is 19.0 Å². The Bertz CT molecular complexity index is 753. The zero-order valence-electron chi connectivity index (χ0n) is 11.9. The average molecular weight is 343 g/mol. The number of sulfonamides is 1. The summed E-state index contributed by atoms with van der Waals surface area (Å²) in [6, 6.07) is 6.59. The fourth-order valence-electron chi connectivity index (χ4n) is 1.83. The van der Waals surface area contributed by atoms with Crippen LogP contribution in [0.15, 0.2) is 34.9 Å². The van der Waals surface area contributed by atoms with E-state index in [0.717, 1.165) is 5.76 Å². The second-order valence-corrected chi connectivity index (χ2v) is 6.90. The molecule has 2 rings (SSSR count). The van der Waals surface area contributed by atoms with Crippen molar-refractivity contribution in [3.8, 4) is 0 Å². The molecule has 0 radical (unpaired) electrons. The Labute approximate surface area is 133 Å². The molecular formula is C14H15ClN2O4S. The number of rotatable bonds is 6. The van der Waals surface area contributed by atoms with Gasteiger partial charge in [-0.1, -0.05) is 17.7 Å². The lowest BCUT2D eigenvalue weighted by molar-refractivity contribution is -0.119. The molecule has 0 saturated heterocycles. The summed E-state index contributed by atoms with van der Waals surface area (Å²) >= 11 is 5.63. The van der Waals surface area contributed by atoms with E-state index in [2.05, 4.69) is 4.98 Å². The fraction of sp³-hybridized carbons (Fsp3) is 0.286. The molecule has 2 aromatic rings. The van der Waals surface area contributed by atoms with Gasteiger partial charge in [-0.2, -0.15) is 0 Å². The van der Waals surface area contributed by atoms with Gasteiger partial charge in [0.25, 0.3) is 0 Å². The quantitative estimate of drug-likeness (QED) is 0.813. The highest BCUT2D eigenvalue weighted by Gasteiger charge is 2.16. The van der Waals surface area contributed by atoms with Crippen LogP contribution in [0.1, 0.15) is 23.5 Å². The average Bonchev–Trinajstić information content (AvgIpc) is 2.84. The minimum absolute atomic E-state index is 0.0328. The zero-order chi connectivity index (χ0) is 16.2. The first-order chi connectivity index (χ1) is 10.3. The molecule has 0 saturated carbocycles. The first-order valence-corrected chi connectivity index (χ1v) is 8.56. The summed E-state index contributed by atoms with van der Waals surface area (Å²) in [5.74, 6) is 0.490. The van der Waals surface area contributed by atoms with Crippen molar-refractivity contribution in [2.45, 2.75) is 25.5 Å². The molecule has 0 aliphatic heterocycles. The topological polar surface area (TPSA) is 89.3 Å². The van der Waals surface area contributed by atoms with Crippen molar-refractivity contribution in [3.63, 3.8) is 0 Å². The van der Waals surface area contributed by atoms with Crippen molar-refractivity contribution < 1.29 is 17.6 Å². The van der Waals surface area contributed by atoms with E-state index >= 15 is 0 Å². The minimum atomic E-state index is -3.76. The Morgan fingerprint density at radius 3 is 2.68 bits per heavy atom. The highest BCUT2D eigenvalue weighted by Crippen LogP contribution is 2.10. The van der Waals surface area contributed by atoms with E-state index in [1.807, 2.05) is 4.72 Å². The number of aromatic nitrogens is 1. The molecule has 2 heterocycles. The summed E-state index contributed by atoms with van der Waals surface area (Å²) < 4.78 is 31.1. The van der Waals surface area contributed by atoms with Gasteiger partial charge in [-0.25, -0.2) is 13.4 Å². The molecule has 1 amide bonds. The number of hydrogen-bond acceptors (Lipinski definition) is 5. The Kier molecular flexibility index (Phi) is 5.20. The summed E-state index contributed by atoms with van der Waals surface area (Å²) in [6.45, 7) is 1.80. The van der Waals surface area contributed by atoms with Gasteiger partial charge in [-0.05, 0) is 30.7 Å².